The third kappa shape index (κ3) is 3.84. The molecule has 1 heterocycles. The Morgan fingerprint density at radius 3 is 2.95 bits per heavy atom. The summed E-state index contributed by atoms with van der Waals surface area (Å²) in [6.45, 7) is 1.80. The molecule has 1 amide bonds. The molecule has 0 aliphatic heterocycles. The maximum atomic E-state index is 12.1. The van der Waals surface area contributed by atoms with E-state index in [2.05, 4.69) is 15.5 Å². The number of carbonyl (C=O) groups excluding carboxylic acids is 1. The monoisotopic (exact) mass is 310 g/mol. The van der Waals surface area contributed by atoms with Crippen molar-refractivity contribution in [1.82, 2.24) is 10.2 Å². The Hall–Kier alpha value is -1.80. The summed E-state index contributed by atoms with van der Waals surface area (Å²) >= 11 is 2.59. The highest BCUT2D eigenvalue weighted by molar-refractivity contribution is 8.02. The Kier molecular flexibility index (Phi) is 4.80. The first-order valence-corrected chi connectivity index (χ1v) is 7.48. The summed E-state index contributed by atoms with van der Waals surface area (Å²) in [6, 6.07) is 7.20. The van der Waals surface area contributed by atoms with Gasteiger partial charge in [0.15, 0.2) is 4.34 Å². The molecule has 0 bridgehead atoms. The first kappa shape index (κ1) is 14.6. The van der Waals surface area contributed by atoms with Crippen LogP contribution in [0.2, 0.25) is 0 Å². The van der Waals surface area contributed by atoms with Gasteiger partial charge in [-0.15, -0.1) is 10.2 Å². The standard InChI is InChI=1S/C12H14N4O2S2/c1-7(19-12-16-15-11(13)20-12)10(17)14-8-4-3-5-9(6-8)18-2/h3-7H,1-2H3,(H2,13,15)(H,14,17)/t7-/m0/s1. The fourth-order valence-electron chi connectivity index (χ4n) is 1.42. The Labute approximate surface area is 124 Å². The number of nitrogen functional groups attached to an aromatic ring is 1. The van der Waals surface area contributed by atoms with Gasteiger partial charge in [-0.1, -0.05) is 29.2 Å². The minimum atomic E-state index is -0.298. The highest BCUT2D eigenvalue weighted by atomic mass is 32.2. The molecule has 0 fully saturated rings. The summed E-state index contributed by atoms with van der Waals surface area (Å²) in [5, 5.41) is 10.5. The number of benzene rings is 1. The first-order valence-electron chi connectivity index (χ1n) is 5.79. The minimum Gasteiger partial charge on any atom is -0.497 e. The maximum absolute atomic E-state index is 12.1. The van der Waals surface area contributed by atoms with E-state index in [1.54, 1.807) is 26.2 Å². The molecule has 0 aliphatic carbocycles. The van der Waals surface area contributed by atoms with Crippen LogP contribution in [0.3, 0.4) is 0 Å². The molecule has 0 spiro atoms. The van der Waals surface area contributed by atoms with Crippen LogP contribution in [0.15, 0.2) is 28.6 Å². The zero-order valence-corrected chi connectivity index (χ0v) is 12.6. The number of nitrogens with zero attached hydrogens (tertiary/aromatic N) is 2. The second-order valence-corrected chi connectivity index (χ2v) is 6.48. The predicted octanol–water partition coefficient (Wildman–Crippen LogP) is 2.25. The number of hydrogen-bond acceptors (Lipinski definition) is 7. The molecule has 1 atom stereocenters. The van der Waals surface area contributed by atoms with E-state index in [-0.39, 0.29) is 11.2 Å². The number of ether oxygens (including phenoxy) is 1. The molecule has 2 rings (SSSR count). The predicted molar refractivity (Wildman–Crippen MR) is 81.3 cm³/mol. The zero-order chi connectivity index (χ0) is 14.5. The number of anilines is 2. The van der Waals surface area contributed by atoms with Gasteiger partial charge in [0.1, 0.15) is 5.75 Å². The van der Waals surface area contributed by atoms with Crippen LogP contribution < -0.4 is 15.8 Å². The van der Waals surface area contributed by atoms with Crippen molar-refractivity contribution in [1.29, 1.82) is 0 Å². The largest absolute Gasteiger partial charge is 0.497 e. The van der Waals surface area contributed by atoms with Gasteiger partial charge in [-0.3, -0.25) is 4.79 Å². The molecule has 2 aromatic rings. The third-order valence-corrected chi connectivity index (χ3v) is 4.34. The smallest absolute Gasteiger partial charge is 0.237 e. The van der Waals surface area contributed by atoms with Crippen molar-refractivity contribution in [2.24, 2.45) is 0 Å². The number of hydrogen-bond donors (Lipinski definition) is 2. The fraction of sp³-hybridized carbons (Fsp3) is 0.250. The number of nitrogens with one attached hydrogen (secondary N) is 1. The summed E-state index contributed by atoms with van der Waals surface area (Å²) < 4.78 is 5.78. The molecule has 0 aliphatic rings. The average Bonchev–Trinajstić information content (AvgIpc) is 2.84. The lowest BCUT2D eigenvalue weighted by Gasteiger charge is -2.11. The molecule has 1 aromatic carbocycles. The Bertz CT molecular complexity index is 603. The lowest BCUT2D eigenvalue weighted by molar-refractivity contribution is -0.115. The van der Waals surface area contributed by atoms with Crippen LogP contribution >= 0.6 is 23.1 Å². The van der Waals surface area contributed by atoms with Gasteiger partial charge in [-0.2, -0.15) is 0 Å². The minimum absolute atomic E-state index is 0.114. The van der Waals surface area contributed by atoms with E-state index in [4.69, 9.17) is 10.5 Å². The third-order valence-electron chi connectivity index (χ3n) is 2.41. The number of methoxy groups -OCH3 is 1. The summed E-state index contributed by atoms with van der Waals surface area (Å²) in [7, 11) is 1.58. The number of carbonyl (C=O) groups is 1. The van der Waals surface area contributed by atoms with E-state index >= 15 is 0 Å². The van der Waals surface area contributed by atoms with Crippen molar-refractivity contribution in [2.45, 2.75) is 16.5 Å². The second-order valence-electron chi connectivity index (χ2n) is 3.89. The van der Waals surface area contributed by atoms with E-state index in [9.17, 15) is 4.79 Å². The summed E-state index contributed by atoms with van der Waals surface area (Å²) in [5.41, 5.74) is 6.20. The molecule has 0 saturated carbocycles. The van der Waals surface area contributed by atoms with Crippen LogP contribution in [0.1, 0.15) is 6.92 Å². The highest BCUT2D eigenvalue weighted by Gasteiger charge is 2.17. The first-order chi connectivity index (χ1) is 9.58. The molecule has 0 unspecified atom stereocenters. The molecule has 106 valence electrons. The fourth-order valence-corrected chi connectivity index (χ4v) is 3.20. The summed E-state index contributed by atoms with van der Waals surface area (Å²) in [5.74, 6) is 0.581. The number of amides is 1. The molecular weight excluding hydrogens is 296 g/mol. The maximum Gasteiger partial charge on any atom is 0.237 e. The van der Waals surface area contributed by atoms with Crippen LogP contribution in [-0.4, -0.2) is 28.5 Å². The van der Waals surface area contributed by atoms with Crippen molar-refractivity contribution in [2.75, 3.05) is 18.2 Å². The van der Waals surface area contributed by atoms with Gasteiger partial charge in [0, 0.05) is 11.8 Å². The number of thioether (sulfide) groups is 1. The number of nitrogens with two attached hydrogens (primary N) is 1. The van der Waals surface area contributed by atoms with Crippen molar-refractivity contribution in [3.63, 3.8) is 0 Å². The van der Waals surface area contributed by atoms with Crippen molar-refractivity contribution >= 4 is 39.8 Å². The molecule has 0 saturated heterocycles. The summed E-state index contributed by atoms with van der Waals surface area (Å²) in [4.78, 5) is 12.1. The number of rotatable bonds is 5. The van der Waals surface area contributed by atoms with Gasteiger partial charge in [0.2, 0.25) is 11.0 Å². The lowest BCUT2D eigenvalue weighted by Crippen LogP contribution is -2.22. The van der Waals surface area contributed by atoms with Crippen LogP contribution in [0.5, 0.6) is 5.75 Å². The molecule has 3 N–H and O–H groups in total. The molecule has 8 heteroatoms. The van der Waals surface area contributed by atoms with E-state index in [0.29, 0.717) is 20.9 Å². The topological polar surface area (TPSA) is 90.1 Å². The highest BCUT2D eigenvalue weighted by Crippen LogP contribution is 2.28. The number of aromatic nitrogens is 2. The van der Waals surface area contributed by atoms with Gasteiger partial charge in [0.25, 0.3) is 0 Å². The molecule has 1 aromatic heterocycles. The Morgan fingerprint density at radius 1 is 1.50 bits per heavy atom. The molecular formula is C12H14N4O2S2. The Morgan fingerprint density at radius 2 is 2.30 bits per heavy atom. The average molecular weight is 310 g/mol. The van der Waals surface area contributed by atoms with E-state index < -0.39 is 0 Å². The van der Waals surface area contributed by atoms with Crippen LogP contribution in [-0.2, 0) is 4.79 Å². The quantitative estimate of drug-likeness (QED) is 0.823. The van der Waals surface area contributed by atoms with E-state index in [1.165, 1.54) is 23.1 Å². The van der Waals surface area contributed by atoms with Crippen molar-refractivity contribution in [3.05, 3.63) is 24.3 Å². The van der Waals surface area contributed by atoms with Crippen molar-refractivity contribution in [3.8, 4) is 5.75 Å². The van der Waals surface area contributed by atoms with Gasteiger partial charge in [-0.05, 0) is 19.1 Å². The molecule has 0 radical (unpaired) electrons. The SMILES string of the molecule is COc1cccc(NC(=O)[C@H](C)Sc2nnc(N)s2)c1. The normalized spacial score (nSPS) is 11.9. The van der Waals surface area contributed by atoms with Gasteiger partial charge >= 0.3 is 0 Å². The zero-order valence-electron chi connectivity index (χ0n) is 11.0. The van der Waals surface area contributed by atoms with E-state index in [1.807, 2.05) is 12.1 Å². The molecule has 6 nitrogen and oxygen atoms in total. The molecule has 20 heavy (non-hydrogen) atoms. The van der Waals surface area contributed by atoms with Crippen LogP contribution in [0, 0.1) is 0 Å². The van der Waals surface area contributed by atoms with Crippen molar-refractivity contribution < 1.29 is 9.53 Å². The van der Waals surface area contributed by atoms with Gasteiger partial charge in [-0.25, -0.2) is 0 Å². The Balaban J connectivity index is 1.96. The lowest BCUT2D eigenvalue weighted by atomic mass is 10.3. The van der Waals surface area contributed by atoms with Gasteiger partial charge < -0.3 is 15.8 Å². The van der Waals surface area contributed by atoms with Crippen LogP contribution in [0.4, 0.5) is 10.8 Å². The van der Waals surface area contributed by atoms with Crippen LogP contribution in [0.25, 0.3) is 0 Å². The van der Waals surface area contributed by atoms with E-state index in [0.717, 1.165) is 0 Å². The summed E-state index contributed by atoms with van der Waals surface area (Å²) in [6.07, 6.45) is 0. The second kappa shape index (κ2) is 6.58. The van der Waals surface area contributed by atoms with Gasteiger partial charge in [0.05, 0.1) is 12.4 Å².